The van der Waals surface area contributed by atoms with Gasteiger partial charge >= 0.3 is 0 Å². The van der Waals surface area contributed by atoms with Crippen LogP contribution in [0.1, 0.15) is 34.6 Å². The fourth-order valence-corrected chi connectivity index (χ4v) is 3.25. The number of nitrogens with zero attached hydrogens (tertiary/aromatic N) is 2. The third kappa shape index (κ3) is 7.42. The summed E-state index contributed by atoms with van der Waals surface area (Å²) >= 11 is 13.1. The van der Waals surface area contributed by atoms with Crippen LogP contribution in [-0.4, -0.2) is 27.7 Å². The first kappa shape index (κ1) is 30.4. The van der Waals surface area contributed by atoms with Crippen LogP contribution in [0.25, 0.3) is 0 Å². The first-order valence-electron chi connectivity index (χ1n) is 11.8. The number of nitrogens with one attached hydrogen (secondary N) is 2. The zero-order chi connectivity index (χ0) is 26.4. The Kier molecular flexibility index (Phi) is 14.0. The average molecular weight is 520 g/mol. The van der Waals surface area contributed by atoms with E-state index in [-0.39, 0.29) is 0 Å². The second kappa shape index (κ2) is 16.1. The lowest BCUT2D eigenvalue weighted by atomic mass is 10.2. The quantitative estimate of drug-likeness (QED) is 0.245. The Morgan fingerprint density at radius 3 is 1.31 bits per heavy atom. The number of benzene rings is 3. The Morgan fingerprint density at radius 2 is 1.00 bits per heavy atom. The van der Waals surface area contributed by atoms with E-state index >= 15 is 0 Å². The molecular weight excluding hydrogens is 483 g/mol. The zero-order valence-electron chi connectivity index (χ0n) is 21.8. The van der Waals surface area contributed by atoms with Crippen molar-refractivity contribution in [1.82, 2.24) is 10.6 Å². The van der Waals surface area contributed by atoms with Gasteiger partial charge in [-0.25, -0.2) is 9.98 Å². The fourth-order valence-electron chi connectivity index (χ4n) is 2.74. The number of fused-ring (bicyclic) bond motifs is 4. The maximum Gasteiger partial charge on any atom is 0.175 e. The molecule has 6 nitrogen and oxygen atoms in total. The van der Waals surface area contributed by atoms with Crippen LogP contribution in [0.15, 0.2) is 58.5 Å². The minimum absolute atomic E-state index is 0.331. The fraction of sp³-hybridized carbons (Fsp3) is 0.333. The summed E-state index contributed by atoms with van der Waals surface area (Å²) < 4.78 is 11.8. The van der Waals surface area contributed by atoms with Gasteiger partial charge in [-0.15, -0.1) is 0 Å². The molecule has 0 spiro atoms. The molecule has 0 amide bonds. The molecule has 0 aromatic heterocycles. The summed E-state index contributed by atoms with van der Waals surface area (Å²) in [5.74, 6) is 2.04. The van der Waals surface area contributed by atoms with E-state index in [9.17, 15) is 0 Å². The number of ether oxygens (including phenoxy) is 2. The van der Waals surface area contributed by atoms with Crippen molar-refractivity contribution in [1.29, 1.82) is 0 Å². The zero-order valence-corrected chi connectivity index (χ0v) is 23.3. The van der Waals surface area contributed by atoms with E-state index in [0.717, 1.165) is 6.54 Å². The molecular formula is C27H36Cl2N4O2. The van der Waals surface area contributed by atoms with Gasteiger partial charge in [-0.2, -0.15) is 0 Å². The molecule has 35 heavy (non-hydrogen) atoms. The molecule has 0 fully saturated rings. The normalized spacial score (nSPS) is 10.7. The van der Waals surface area contributed by atoms with Gasteiger partial charge < -0.3 is 20.1 Å². The minimum Gasteiger partial charge on any atom is -0.451 e. The number of hydrogen-bond acceptors (Lipinski definition) is 6. The maximum absolute atomic E-state index is 6.53. The van der Waals surface area contributed by atoms with Gasteiger partial charge in [-0.3, -0.25) is 0 Å². The molecule has 0 unspecified atom stereocenters. The molecule has 0 radical (unpaired) electrons. The van der Waals surface area contributed by atoms with Gasteiger partial charge in [0, 0.05) is 0 Å². The van der Waals surface area contributed by atoms with Crippen LogP contribution in [0.5, 0.6) is 23.0 Å². The third-order valence-electron chi connectivity index (χ3n) is 4.22. The Bertz CT molecular complexity index is 1110. The largest absolute Gasteiger partial charge is 0.451 e. The molecule has 0 saturated heterocycles. The smallest absolute Gasteiger partial charge is 0.175 e. The first-order chi connectivity index (χ1) is 17.0. The van der Waals surface area contributed by atoms with Gasteiger partial charge in [0.15, 0.2) is 23.0 Å². The SMILES string of the molecule is CC.CC.CCNC.CNC.Clc1c2c(c(Cl)c3c1=Nc1ccccc1O3)=Nc1ccccc1O2. The van der Waals surface area contributed by atoms with Crippen molar-refractivity contribution < 1.29 is 9.47 Å². The van der Waals surface area contributed by atoms with E-state index in [1.54, 1.807) is 0 Å². The standard InChI is InChI=1S/C18H8Cl2N2O2.C3H9N.C2H7N.2C2H6/c19-13-15-17(23-11-7-3-1-5-9(11)21-15)14(20)16-18(13)24-12-8-4-2-6-10(12)22-16;1-3-4-2;1-3-2;2*1-2/h1-8H;4H,3H2,1-2H3;3H,1-2H3;2*1-2H3. The van der Waals surface area contributed by atoms with Crippen molar-refractivity contribution in [2.75, 3.05) is 27.7 Å². The van der Waals surface area contributed by atoms with Crippen LogP contribution in [0.3, 0.4) is 0 Å². The molecule has 3 aromatic carbocycles. The summed E-state index contributed by atoms with van der Waals surface area (Å²) in [6.07, 6.45) is 0. The monoisotopic (exact) mass is 518 g/mol. The summed E-state index contributed by atoms with van der Waals surface area (Å²) in [4.78, 5) is 9.14. The Balaban J connectivity index is 0.000000484. The lowest BCUT2D eigenvalue weighted by molar-refractivity contribution is 0.451. The second-order valence-corrected chi connectivity index (χ2v) is 7.31. The number of halogens is 2. The Hall–Kier alpha value is -2.64. The maximum atomic E-state index is 6.53. The van der Waals surface area contributed by atoms with Crippen molar-refractivity contribution in [3.8, 4) is 23.0 Å². The van der Waals surface area contributed by atoms with Crippen molar-refractivity contribution in [3.63, 3.8) is 0 Å². The number of hydrogen-bond donors (Lipinski definition) is 2. The summed E-state index contributed by atoms with van der Waals surface area (Å²) in [7, 11) is 5.68. The predicted octanol–water partition coefficient (Wildman–Crippen LogP) is 7.22. The van der Waals surface area contributed by atoms with Crippen LogP contribution in [0.4, 0.5) is 11.4 Å². The van der Waals surface area contributed by atoms with Gasteiger partial charge in [-0.1, -0.05) is 82.1 Å². The number of rotatable bonds is 1. The Morgan fingerprint density at radius 1 is 0.686 bits per heavy atom. The molecule has 2 heterocycles. The molecule has 0 aliphatic carbocycles. The van der Waals surface area contributed by atoms with E-state index in [1.165, 1.54) is 0 Å². The molecule has 0 saturated carbocycles. The van der Waals surface area contributed by atoms with Crippen molar-refractivity contribution in [2.45, 2.75) is 34.6 Å². The van der Waals surface area contributed by atoms with Crippen LogP contribution in [0.2, 0.25) is 10.0 Å². The van der Waals surface area contributed by atoms with Crippen LogP contribution < -0.4 is 30.8 Å². The molecule has 190 valence electrons. The molecule has 2 aliphatic heterocycles. The van der Waals surface area contributed by atoms with Crippen LogP contribution in [-0.2, 0) is 0 Å². The van der Waals surface area contributed by atoms with E-state index in [0.29, 0.717) is 55.1 Å². The summed E-state index contributed by atoms with van der Waals surface area (Å²) in [6, 6.07) is 14.9. The highest BCUT2D eigenvalue weighted by atomic mass is 35.5. The summed E-state index contributed by atoms with van der Waals surface area (Å²) in [5.41, 5.74) is 1.38. The summed E-state index contributed by atoms with van der Waals surface area (Å²) in [6.45, 7) is 11.1. The topological polar surface area (TPSA) is 67.2 Å². The highest BCUT2D eigenvalue weighted by Gasteiger charge is 2.26. The summed E-state index contributed by atoms with van der Waals surface area (Å²) in [5, 5.41) is 7.25. The molecule has 2 aliphatic rings. The van der Waals surface area contributed by atoms with Gasteiger partial charge in [0.05, 0.1) is 0 Å². The van der Waals surface area contributed by atoms with Gasteiger partial charge in [0.1, 0.15) is 32.1 Å². The van der Waals surface area contributed by atoms with E-state index in [2.05, 4.69) is 27.5 Å². The van der Waals surface area contributed by atoms with E-state index in [1.807, 2.05) is 97.4 Å². The molecule has 8 heteroatoms. The van der Waals surface area contributed by atoms with Gasteiger partial charge in [-0.05, 0) is 52.0 Å². The molecule has 5 rings (SSSR count). The molecule has 0 atom stereocenters. The average Bonchev–Trinajstić information content (AvgIpc) is 2.93. The van der Waals surface area contributed by atoms with Crippen molar-refractivity contribution in [3.05, 3.63) is 69.3 Å². The lowest BCUT2D eigenvalue weighted by Gasteiger charge is -2.20. The van der Waals surface area contributed by atoms with Crippen LogP contribution >= 0.6 is 23.2 Å². The Labute approximate surface area is 219 Å². The minimum atomic E-state index is 0.331. The van der Waals surface area contributed by atoms with Crippen molar-refractivity contribution in [2.24, 2.45) is 9.98 Å². The highest BCUT2D eigenvalue weighted by Crippen LogP contribution is 2.41. The third-order valence-corrected chi connectivity index (χ3v) is 4.92. The van der Waals surface area contributed by atoms with Crippen LogP contribution in [0, 0.1) is 0 Å². The van der Waals surface area contributed by atoms with E-state index in [4.69, 9.17) is 32.7 Å². The van der Waals surface area contributed by atoms with Gasteiger partial charge in [0.2, 0.25) is 0 Å². The first-order valence-corrected chi connectivity index (χ1v) is 12.6. The second-order valence-electron chi connectivity index (χ2n) is 6.55. The van der Waals surface area contributed by atoms with Gasteiger partial charge in [0.25, 0.3) is 0 Å². The molecule has 0 bridgehead atoms. The highest BCUT2D eigenvalue weighted by molar-refractivity contribution is 6.35. The van der Waals surface area contributed by atoms with Crippen molar-refractivity contribution >= 4 is 34.6 Å². The predicted molar refractivity (Wildman–Crippen MR) is 148 cm³/mol. The van der Waals surface area contributed by atoms with E-state index < -0.39 is 0 Å². The molecule has 3 aromatic rings. The molecule has 2 N–H and O–H groups in total. The number of para-hydroxylation sites is 4. The lowest BCUT2D eigenvalue weighted by Crippen LogP contribution is -2.22.